The van der Waals surface area contributed by atoms with Crippen LogP contribution in [0.5, 0.6) is 0 Å². The standard InChI is InChI=1S/C22H27N3O2/c1-4-5-9-17-14-18(12-13-19(17)15(2)3)21(27)25(22(23)24)20(26)16-10-7-6-8-11-16/h6-8,10-15H,4-5,9H2,1-3H3,(H3,23,24). The van der Waals surface area contributed by atoms with E-state index in [4.69, 9.17) is 11.1 Å². The number of carbonyl (C=O) groups excluding carboxylic acids is 2. The fourth-order valence-electron chi connectivity index (χ4n) is 3.04. The van der Waals surface area contributed by atoms with Crippen LogP contribution in [0, 0.1) is 5.41 Å². The second-order valence-electron chi connectivity index (χ2n) is 6.87. The van der Waals surface area contributed by atoms with Gasteiger partial charge in [-0.3, -0.25) is 15.0 Å². The minimum Gasteiger partial charge on any atom is -0.369 e. The third-order valence-electron chi connectivity index (χ3n) is 4.48. The highest BCUT2D eigenvalue weighted by Crippen LogP contribution is 2.23. The van der Waals surface area contributed by atoms with E-state index in [0.29, 0.717) is 17.0 Å². The molecule has 2 amide bonds. The lowest BCUT2D eigenvalue weighted by Crippen LogP contribution is -2.45. The zero-order valence-corrected chi connectivity index (χ0v) is 16.2. The summed E-state index contributed by atoms with van der Waals surface area (Å²) >= 11 is 0. The van der Waals surface area contributed by atoms with Crippen molar-refractivity contribution in [2.24, 2.45) is 5.73 Å². The molecule has 0 aliphatic carbocycles. The van der Waals surface area contributed by atoms with E-state index < -0.39 is 17.8 Å². The first-order valence-electron chi connectivity index (χ1n) is 9.27. The van der Waals surface area contributed by atoms with Crippen LogP contribution >= 0.6 is 0 Å². The van der Waals surface area contributed by atoms with Crippen molar-refractivity contribution >= 4 is 17.8 Å². The number of nitrogens with two attached hydrogens (primary N) is 1. The largest absolute Gasteiger partial charge is 0.369 e. The van der Waals surface area contributed by atoms with E-state index in [-0.39, 0.29) is 0 Å². The molecular formula is C22H27N3O2. The Morgan fingerprint density at radius 1 is 1.04 bits per heavy atom. The fraction of sp³-hybridized carbons (Fsp3) is 0.318. The summed E-state index contributed by atoms with van der Waals surface area (Å²) < 4.78 is 0. The first-order chi connectivity index (χ1) is 12.9. The molecule has 0 radical (unpaired) electrons. The van der Waals surface area contributed by atoms with Crippen LogP contribution in [0.3, 0.4) is 0 Å². The summed E-state index contributed by atoms with van der Waals surface area (Å²) in [6.45, 7) is 6.36. The zero-order chi connectivity index (χ0) is 20.0. The molecular weight excluding hydrogens is 338 g/mol. The lowest BCUT2D eigenvalue weighted by Gasteiger charge is -2.20. The van der Waals surface area contributed by atoms with Gasteiger partial charge >= 0.3 is 0 Å². The van der Waals surface area contributed by atoms with Crippen LogP contribution in [-0.4, -0.2) is 22.7 Å². The number of unbranched alkanes of at least 4 members (excludes halogenated alkanes) is 1. The van der Waals surface area contributed by atoms with Gasteiger partial charge in [0.1, 0.15) is 0 Å². The SMILES string of the molecule is CCCCc1cc(C(=O)N(C(=N)N)C(=O)c2ccccc2)ccc1C(C)C. The number of nitrogens with one attached hydrogen (secondary N) is 1. The summed E-state index contributed by atoms with van der Waals surface area (Å²) in [5.74, 6) is -1.42. The number of carbonyl (C=O) groups is 2. The Hall–Kier alpha value is -2.95. The third-order valence-corrected chi connectivity index (χ3v) is 4.48. The van der Waals surface area contributed by atoms with Gasteiger partial charge in [-0.2, -0.15) is 0 Å². The number of benzene rings is 2. The third kappa shape index (κ3) is 4.82. The van der Waals surface area contributed by atoms with Gasteiger partial charge in [0.05, 0.1) is 0 Å². The van der Waals surface area contributed by atoms with Crippen LogP contribution in [-0.2, 0) is 6.42 Å². The molecule has 27 heavy (non-hydrogen) atoms. The molecule has 2 aromatic carbocycles. The van der Waals surface area contributed by atoms with Gasteiger partial charge in [-0.25, -0.2) is 4.90 Å². The summed E-state index contributed by atoms with van der Waals surface area (Å²) in [7, 11) is 0. The Balaban J connectivity index is 2.40. The van der Waals surface area contributed by atoms with Crippen molar-refractivity contribution in [2.75, 3.05) is 0 Å². The van der Waals surface area contributed by atoms with Gasteiger partial charge in [0.25, 0.3) is 11.8 Å². The van der Waals surface area contributed by atoms with Gasteiger partial charge < -0.3 is 5.73 Å². The van der Waals surface area contributed by atoms with Crippen molar-refractivity contribution in [1.82, 2.24) is 4.90 Å². The van der Waals surface area contributed by atoms with E-state index in [1.807, 2.05) is 12.1 Å². The molecule has 0 saturated carbocycles. The zero-order valence-electron chi connectivity index (χ0n) is 16.2. The first-order valence-corrected chi connectivity index (χ1v) is 9.27. The Labute approximate surface area is 160 Å². The molecule has 0 fully saturated rings. The van der Waals surface area contributed by atoms with Gasteiger partial charge in [-0.05, 0) is 54.2 Å². The van der Waals surface area contributed by atoms with Gasteiger partial charge in [0.15, 0.2) is 0 Å². The van der Waals surface area contributed by atoms with Crippen molar-refractivity contribution in [3.8, 4) is 0 Å². The number of imide groups is 1. The summed E-state index contributed by atoms with van der Waals surface area (Å²) in [5, 5.41) is 7.75. The lowest BCUT2D eigenvalue weighted by atomic mass is 9.92. The molecule has 0 unspecified atom stereocenters. The summed E-state index contributed by atoms with van der Waals surface area (Å²) in [5.41, 5.74) is 8.56. The van der Waals surface area contributed by atoms with E-state index >= 15 is 0 Å². The Morgan fingerprint density at radius 3 is 2.22 bits per heavy atom. The molecule has 0 aliphatic heterocycles. The molecule has 0 bridgehead atoms. The fourth-order valence-corrected chi connectivity index (χ4v) is 3.04. The number of guanidine groups is 1. The minimum absolute atomic E-state index is 0.311. The molecule has 142 valence electrons. The van der Waals surface area contributed by atoms with Gasteiger partial charge in [-0.15, -0.1) is 0 Å². The predicted octanol–water partition coefficient (Wildman–Crippen LogP) is 4.33. The van der Waals surface area contributed by atoms with Gasteiger partial charge in [-0.1, -0.05) is 51.5 Å². The molecule has 5 heteroatoms. The second-order valence-corrected chi connectivity index (χ2v) is 6.87. The molecule has 0 aromatic heterocycles. The molecule has 3 N–H and O–H groups in total. The number of amides is 2. The molecule has 0 heterocycles. The summed E-state index contributed by atoms with van der Waals surface area (Å²) in [4.78, 5) is 26.4. The highest BCUT2D eigenvalue weighted by atomic mass is 16.2. The highest BCUT2D eigenvalue weighted by Gasteiger charge is 2.27. The second kappa shape index (κ2) is 9.12. The maximum Gasteiger partial charge on any atom is 0.267 e. The van der Waals surface area contributed by atoms with E-state index in [9.17, 15) is 9.59 Å². The van der Waals surface area contributed by atoms with E-state index in [1.54, 1.807) is 36.4 Å². The molecule has 0 saturated heterocycles. The van der Waals surface area contributed by atoms with Crippen LogP contribution in [0.15, 0.2) is 48.5 Å². The van der Waals surface area contributed by atoms with Crippen molar-refractivity contribution in [1.29, 1.82) is 5.41 Å². The number of aryl methyl sites for hydroxylation is 1. The van der Waals surface area contributed by atoms with Crippen molar-refractivity contribution < 1.29 is 9.59 Å². The van der Waals surface area contributed by atoms with Crippen LogP contribution in [0.25, 0.3) is 0 Å². The number of hydrogen-bond acceptors (Lipinski definition) is 3. The van der Waals surface area contributed by atoms with Crippen LogP contribution < -0.4 is 5.73 Å². The smallest absolute Gasteiger partial charge is 0.267 e. The van der Waals surface area contributed by atoms with Crippen LogP contribution in [0.2, 0.25) is 0 Å². The maximum absolute atomic E-state index is 13.0. The molecule has 0 atom stereocenters. The van der Waals surface area contributed by atoms with E-state index in [1.165, 1.54) is 5.56 Å². The first kappa shape index (κ1) is 20.4. The molecule has 2 aromatic rings. The quantitative estimate of drug-likeness (QED) is 0.454. The average molecular weight is 365 g/mol. The Kier molecular flexibility index (Phi) is 6.88. The molecule has 5 nitrogen and oxygen atoms in total. The lowest BCUT2D eigenvalue weighted by molar-refractivity contribution is 0.0711. The van der Waals surface area contributed by atoms with Crippen LogP contribution in [0.4, 0.5) is 0 Å². The van der Waals surface area contributed by atoms with Gasteiger partial charge in [0.2, 0.25) is 5.96 Å². The number of rotatable bonds is 6. The minimum atomic E-state index is -0.601. The Bertz CT molecular complexity index is 829. The van der Waals surface area contributed by atoms with Crippen molar-refractivity contribution in [3.05, 3.63) is 70.8 Å². The molecule has 0 aliphatic rings. The molecule has 0 spiro atoms. The average Bonchev–Trinajstić information content (AvgIpc) is 2.66. The van der Waals surface area contributed by atoms with Crippen molar-refractivity contribution in [3.63, 3.8) is 0 Å². The molecule has 2 rings (SSSR count). The van der Waals surface area contributed by atoms with Crippen LogP contribution in [0.1, 0.15) is 71.4 Å². The maximum atomic E-state index is 13.0. The topological polar surface area (TPSA) is 87.2 Å². The van der Waals surface area contributed by atoms with E-state index in [2.05, 4.69) is 20.8 Å². The van der Waals surface area contributed by atoms with Gasteiger partial charge in [0, 0.05) is 11.1 Å². The van der Waals surface area contributed by atoms with Crippen molar-refractivity contribution in [2.45, 2.75) is 46.0 Å². The van der Waals surface area contributed by atoms with E-state index in [0.717, 1.165) is 29.7 Å². The normalized spacial score (nSPS) is 10.7. The highest BCUT2D eigenvalue weighted by molar-refractivity contribution is 6.20. The monoisotopic (exact) mass is 365 g/mol. The summed E-state index contributed by atoms with van der Waals surface area (Å²) in [6.07, 6.45) is 2.95. The number of nitrogens with zero attached hydrogens (tertiary/aromatic N) is 1. The summed E-state index contributed by atoms with van der Waals surface area (Å²) in [6, 6.07) is 13.9. The predicted molar refractivity (Wildman–Crippen MR) is 108 cm³/mol. The number of hydrogen-bond donors (Lipinski definition) is 2. The Morgan fingerprint density at radius 2 is 1.67 bits per heavy atom.